The van der Waals surface area contributed by atoms with Gasteiger partial charge in [0.1, 0.15) is 12.3 Å². The zero-order valence-corrected chi connectivity index (χ0v) is 19.0. The zero-order chi connectivity index (χ0) is 22.3. The Balaban J connectivity index is 1.38. The molecule has 5 heterocycles. The van der Waals surface area contributed by atoms with Gasteiger partial charge in [0.25, 0.3) is 0 Å². The molecule has 3 aromatic rings. The van der Waals surface area contributed by atoms with Gasteiger partial charge in [0, 0.05) is 12.0 Å². The van der Waals surface area contributed by atoms with E-state index >= 15 is 0 Å². The Morgan fingerprint density at radius 3 is 2.91 bits per heavy atom. The zero-order valence-electron chi connectivity index (χ0n) is 17.4. The lowest BCUT2D eigenvalue weighted by atomic mass is 9.84. The molecule has 0 amide bonds. The number of nitrogens with one attached hydrogen (secondary N) is 1. The van der Waals surface area contributed by atoms with Crippen molar-refractivity contribution in [2.45, 2.75) is 43.5 Å². The minimum atomic E-state index is -3.67. The van der Waals surface area contributed by atoms with Gasteiger partial charge in [-0.15, -0.1) is 11.3 Å². The molecule has 2 aliphatic rings. The molecule has 1 N–H and O–H groups in total. The molecular weight excluding hydrogens is 458 g/mol. The summed E-state index contributed by atoms with van der Waals surface area (Å²) in [5.74, 6) is -0.300. The van der Waals surface area contributed by atoms with Crippen molar-refractivity contribution < 1.29 is 23.2 Å². The Labute approximate surface area is 193 Å². The summed E-state index contributed by atoms with van der Waals surface area (Å²) in [4.78, 5) is 19.5. The van der Waals surface area contributed by atoms with E-state index in [1.165, 1.54) is 49.4 Å². The number of nitrogens with zero attached hydrogens (tertiary/aromatic N) is 3. The smallest absolute Gasteiger partial charge is 0.364 e. The standard InChI is InChI=1S/C22H23ClF2N4O2S/c23-22(24,25)19-11-15(18-7-4-10-32-18)26-20-12-16(27-29(19)20)21(30)31-13-14-5-3-9-28-8-2-1-6-17(14)28/h4,7,10-12,14,17H,1-3,5-6,8-9,13H2/p+1. The Morgan fingerprint density at radius 2 is 2.12 bits per heavy atom. The second-order valence-electron chi connectivity index (χ2n) is 8.56. The van der Waals surface area contributed by atoms with Crippen molar-refractivity contribution in [3.05, 3.63) is 41.0 Å². The monoisotopic (exact) mass is 481 g/mol. The van der Waals surface area contributed by atoms with Crippen molar-refractivity contribution in [3.63, 3.8) is 0 Å². The van der Waals surface area contributed by atoms with Crippen LogP contribution in [0.15, 0.2) is 29.6 Å². The van der Waals surface area contributed by atoms with Crippen LogP contribution in [0.4, 0.5) is 8.78 Å². The minimum Gasteiger partial charge on any atom is -0.460 e. The van der Waals surface area contributed by atoms with Crippen LogP contribution in [0.1, 0.15) is 48.3 Å². The molecule has 10 heteroatoms. The van der Waals surface area contributed by atoms with Crippen molar-refractivity contribution in [1.29, 1.82) is 0 Å². The number of aromatic nitrogens is 3. The van der Waals surface area contributed by atoms with Crippen molar-refractivity contribution in [2.75, 3.05) is 19.7 Å². The van der Waals surface area contributed by atoms with E-state index in [0.717, 1.165) is 28.7 Å². The fourth-order valence-corrected chi connectivity index (χ4v) is 5.88. The summed E-state index contributed by atoms with van der Waals surface area (Å²) >= 11 is 6.73. The number of piperidine rings is 2. The number of carbonyl (C=O) groups is 1. The lowest BCUT2D eigenvalue weighted by molar-refractivity contribution is -0.940. The first-order chi connectivity index (χ1) is 15.4. The van der Waals surface area contributed by atoms with Gasteiger partial charge in [0.05, 0.1) is 29.7 Å². The molecule has 0 spiro atoms. The molecule has 5 rings (SSSR count). The van der Waals surface area contributed by atoms with Crippen molar-refractivity contribution in [2.24, 2.45) is 5.92 Å². The molecule has 2 fully saturated rings. The van der Waals surface area contributed by atoms with Crippen LogP contribution in [0.2, 0.25) is 0 Å². The normalized spacial score (nSPS) is 23.8. The van der Waals surface area contributed by atoms with Gasteiger partial charge in [-0.25, -0.2) is 14.3 Å². The van der Waals surface area contributed by atoms with Crippen molar-refractivity contribution >= 4 is 34.6 Å². The van der Waals surface area contributed by atoms with E-state index in [1.54, 1.807) is 11.0 Å². The molecule has 3 aromatic heterocycles. The average Bonchev–Trinajstić information content (AvgIpc) is 3.46. The maximum Gasteiger partial charge on any atom is 0.364 e. The van der Waals surface area contributed by atoms with Gasteiger partial charge in [-0.3, -0.25) is 0 Å². The number of alkyl halides is 3. The summed E-state index contributed by atoms with van der Waals surface area (Å²) in [5, 5.41) is 2.22. The molecule has 0 saturated carbocycles. The van der Waals surface area contributed by atoms with E-state index in [0.29, 0.717) is 24.3 Å². The highest BCUT2D eigenvalue weighted by molar-refractivity contribution is 7.13. The van der Waals surface area contributed by atoms with Gasteiger partial charge < -0.3 is 9.64 Å². The van der Waals surface area contributed by atoms with Gasteiger partial charge in [0.15, 0.2) is 11.3 Å². The molecule has 170 valence electrons. The van der Waals surface area contributed by atoms with Crippen molar-refractivity contribution in [1.82, 2.24) is 14.6 Å². The van der Waals surface area contributed by atoms with Gasteiger partial charge in [-0.2, -0.15) is 13.9 Å². The lowest BCUT2D eigenvalue weighted by Gasteiger charge is -2.40. The van der Waals surface area contributed by atoms with Crippen LogP contribution >= 0.6 is 22.9 Å². The topological polar surface area (TPSA) is 60.9 Å². The van der Waals surface area contributed by atoms with E-state index < -0.39 is 17.0 Å². The van der Waals surface area contributed by atoms with Crippen LogP contribution in [0.3, 0.4) is 0 Å². The van der Waals surface area contributed by atoms with Gasteiger partial charge >= 0.3 is 11.4 Å². The van der Waals surface area contributed by atoms with E-state index in [4.69, 9.17) is 16.3 Å². The van der Waals surface area contributed by atoms with Crippen LogP contribution < -0.4 is 4.90 Å². The van der Waals surface area contributed by atoms with Crippen LogP contribution in [-0.4, -0.2) is 46.3 Å². The number of thiophene rings is 1. The quantitative estimate of drug-likeness (QED) is 0.445. The molecule has 0 bridgehead atoms. The maximum atomic E-state index is 14.1. The highest BCUT2D eigenvalue weighted by Gasteiger charge is 2.37. The number of hydrogen-bond donors (Lipinski definition) is 1. The molecule has 3 atom stereocenters. The molecule has 0 aromatic carbocycles. The fraction of sp³-hybridized carbons (Fsp3) is 0.500. The molecule has 0 aliphatic carbocycles. The molecule has 2 saturated heterocycles. The van der Waals surface area contributed by atoms with Crippen LogP contribution in [-0.2, 0) is 10.1 Å². The highest BCUT2D eigenvalue weighted by Crippen LogP contribution is 2.35. The van der Waals surface area contributed by atoms with E-state index in [-0.39, 0.29) is 11.3 Å². The third-order valence-electron chi connectivity index (χ3n) is 6.56. The molecule has 32 heavy (non-hydrogen) atoms. The second kappa shape index (κ2) is 8.68. The van der Waals surface area contributed by atoms with E-state index in [2.05, 4.69) is 10.1 Å². The maximum absolute atomic E-state index is 14.1. The molecule has 0 radical (unpaired) electrons. The van der Waals surface area contributed by atoms with Crippen LogP contribution in [0, 0.1) is 5.92 Å². The summed E-state index contributed by atoms with van der Waals surface area (Å²) in [6.07, 6.45) is 5.81. The molecule has 2 aliphatic heterocycles. The van der Waals surface area contributed by atoms with E-state index in [1.807, 2.05) is 11.4 Å². The predicted molar refractivity (Wildman–Crippen MR) is 117 cm³/mol. The summed E-state index contributed by atoms with van der Waals surface area (Å²) in [5.41, 5.74) is -0.115. The number of rotatable bonds is 5. The second-order valence-corrected chi connectivity index (χ2v) is 9.98. The Bertz CT molecular complexity index is 1110. The van der Waals surface area contributed by atoms with Gasteiger partial charge in [-0.05, 0) is 61.2 Å². The minimum absolute atomic E-state index is 0.0494. The third-order valence-corrected chi connectivity index (χ3v) is 7.64. The summed E-state index contributed by atoms with van der Waals surface area (Å²) in [7, 11) is 0. The molecule has 3 unspecified atom stereocenters. The first kappa shape index (κ1) is 21.7. The Hall–Kier alpha value is -2.10. The summed E-state index contributed by atoms with van der Waals surface area (Å²) in [6, 6.07) is 6.71. The summed E-state index contributed by atoms with van der Waals surface area (Å²) in [6.45, 7) is 2.71. The number of carbonyl (C=O) groups excluding carboxylic acids is 1. The Morgan fingerprint density at radius 1 is 1.28 bits per heavy atom. The third kappa shape index (κ3) is 4.25. The first-order valence-electron chi connectivity index (χ1n) is 10.9. The average molecular weight is 482 g/mol. The van der Waals surface area contributed by atoms with Gasteiger partial charge in [-0.1, -0.05) is 6.07 Å². The van der Waals surface area contributed by atoms with Crippen LogP contribution in [0.25, 0.3) is 16.2 Å². The number of halogens is 3. The highest BCUT2D eigenvalue weighted by atomic mass is 35.5. The number of hydrogen-bond acceptors (Lipinski definition) is 5. The first-order valence-corrected chi connectivity index (χ1v) is 12.2. The van der Waals surface area contributed by atoms with Gasteiger partial charge in [0.2, 0.25) is 0 Å². The number of quaternary nitrogens is 1. The SMILES string of the molecule is O=C(OCC1CCC[NH+]2CCCCC12)c1cc2nc(-c3cccs3)cc(C(F)(F)Cl)n2n1. The number of fused-ring (bicyclic) bond motifs is 2. The largest absolute Gasteiger partial charge is 0.460 e. The van der Waals surface area contributed by atoms with E-state index in [9.17, 15) is 13.6 Å². The van der Waals surface area contributed by atoms with Crippen LogP contribution in [0.5, 0.6) is 0 Å². The number of ether oxygens (including phenoxy) is 1. The van der Waals surface area contributed by atoms with Crippen molar-refractivity contribution in [3.8, 4) is 10.6 Å². The molecule has 6 nitrogen and oxygen atoms in total. The molecular formula is C22H24ClF2N4O2S+. The summed E-state index contributed by atoms with van der Waals surface area (Å²) < 4.78 is 34.8. The number of esters is 1. The Kier molecular flexibility index (Phi) is 5.90. The predicted octanol–water partition coefficient (Wildman–Crippen LogP) is 3.75. The lowest BCUT2D eigenvalue weighted by Crippen LogP contribution is -3.18. The fourth-order valence-electron chi connectivity index (χ4n) is 5.06.